The van der Waals surface area contributed by atoms with Crippen LogP contribution < -0.4 is 10.1 Å². The Labute approximate surface area is 172 Å². The summed E-state index contributed by atoms with van der Waals surface area (Å²) in [5.41, 5.74) is 1.52. The first kappa shape index (κ1) is 21.3. The van der Waals surface area contributed by atoms with Crippen LogP contribution in [-0.4, -0.2) is 44.9 Å². The van der Waals surface area contributed by atoms with Crippen LogP contribution in [0, 0.1) is 0 Å². The van der Waals surface area contributed by atoms with Gasteiger partial charge in [0, 0.05) is 24.7 Å². The van der Waals surface area contributed by atoms with Crippen LogP contribution in [0.1, 0.15) is 42.1 Å². The number of methoxy groups -OCH3 is 1. The van der Waals surface area contributed by atoms with E-state index in [0.717, 1.165) is 24.8 Å². The van der Waals surface area contributed by atoms with Crippen LogP contribution in [0.2, 0.25) is 0 Å². The highest BCUT2D eigenvalue weighted by Crippen LogP contribution is 2.25. The van der Waals surface area contributed by atoms with E-state index >= 15 is 0 Å². The Balaban J connectivity index is 1.57. The molecule has 6 nitrogen and oxygen atoms in total. The van der Waals surface area contributed by atoms with Gasteiger partial charge in [-0.05, 0) is 62.1 Å². The average Bonchev–Trinajstić information content (AvgIpc) is 2.74. The van der Waals surface area contributed by atoms with E-state index in [1.54, 1.807) is 47.8 Å². The summed E-state index contributed by atoms with van der Waals surface area (Å²) in [6.45, 7) is 3.02. The lowest BCUT2D eigenvalue weighted by atomic mass is 10.1. The number of hydrogen-bond acceptors (Lipinski definition) is 4. The minimum atomic E-state index is -3.45. The summed E-state index contributed by atoms with van der Waals surface area (Å²) in [5, 5.41) is 2.88. The van der Waals surface area contributed by atoms with Gasteiger partial charge in [-0.15, -0.1) is 0 Å². The number of carbonyl (C=O) groups excluding carboxylic acids is 1. The van der Waals surface area contributed by atoms with Crippen LogP contribution >= 0.6 is 0 Å². The van der Waals surface area contributed by atoms with E-state index in [1.165, 1.54) is 0 Å². The number of nitrogens with one attached hydrogen (secondary N) is 1. The molecule has 1 amide bonds. The summed E-state index contributed by atoms with van der Waals surface area (Å²) in [6, 6.07) is 14.0. The molecule has 0 aliphatic carbocycles. The maximum Gasteiger partial charge on any atom is 0.251 e. The molecular weight excluding hydrogens is 388 g/mol. The lowest BCUT2D eigenvalue weighted by Crippen LogP contribution is -2.41. The van der Waals surface area contributed by atoms with Crippen molar-refractivity contribution in [1.82, 2.24) is 9.62 Å². The molecule has 1 fully saturated rings. The Morgan fingerprint density at radius 1 is 1.17 bits per heavy atom. The van der Waals surface area contributed by atoms with Crippen molar-refractivity contribution < 1.29 is 17.9 Å². The van der Waals surface area contributed by atoms with Crippen LogP contribution in [0.25, 0.3) is 0 Å². The topological polar surface area (TPSA) is 75.7 Å². The van der Waals surface area contributed by atoms with Crippen LogP contribution in [0.3, 0.4) is 0 Å². The Morgan fingerprint density at radius 3 is 2.62 bits per heavy atom. The Bertz CT molecular complexity index is 942. The van der Waals surface area contributed by atoms with Crippen molar-refractivity contribution in [3.8, 4) is 5.75 Å². The van der Waals surface area contributed by atoms with Crippen LogP contribution in [0.5, 0.6) is 5.75 Å². The fraction of sp³-hybridized carbons (Fsp3) is 0.409. The van der Waals surface area contributed by atoms with Gasteiger partial charge in [0.15, 0.2) is 0 Å². The number of nitrogens with zero attached hydrogens (tertiary/aromatic N) is 1. The number of carbonyl (C=O) groups is 1. The zero-order chi connectivity index (χ0) is 20.9. The molecule has 1 N–H and O–H groups in total. The van der Waals surface area contributed by atoms with E-state index in [9.17, 15) is 13.2 Å². The van der Waals surface area contributed by atoms with Crippen molar-refractivity contribution in [3.63, 3.8) is 0 Å². The highest BCUT2D eigenvalue weighted by molar-refractivity contribution is 7.89. The van der Waals surface area contributed by atoms with E-state index in [4.69, 9.17) is 4.74 Å². The van der Waals surface area contributed by atoms with E-state index < -0.39 is 10.0 Å². The van der Waals surface area contributed by atoms with Crippen molar-refractivity contribution in [1.29, 1.82) is 0 Å². The molecule has 0 radical (unpaired) electrons. The number of ether oxygens (including phenoxy) is 1. The van der Waals surface area contributed by atoms with Crippen molar-refractivity contribution in [2.45, 2.75) is 43.5 Å². The molecule has 0 aromatic heterocycles. The Morgan fingerprint density at radius 2 is 1.93 bits per heavy atom. The van der Waals surface area contributed by atoms with Gasteiger partial charge in [0.25, 0.3) is 5.91 Å². The number of sulfonamides is 1. The van der Waals surface area contributed by atoms with E-state index in [0.29, 0.717) is 35.7 Å². The van der Waals surface area contributed by atoms with Crippen molar-refractivity contribution in [3.05, 3.63) is 59.7 Å². The first-order valence-electron chi connectivity index (χ1n) is 9.95. The molecule has 1 saturated heterocycles. The minimum absolute atomic E-state index is 0.0419. The summed E-state index contributed by atoms with van der Waals surface area (Å²) in [6.07, 6.45) is 3.52. The first-order valence-corrected chi connectivity index (χ1v) is 11.4. The summed E-state index contributed by atoms with van der Waals surface area (Å²) in [7, 11) is -1.89. The monoisotopic (exact) mass is 416 g/mol. The van der Waals surface area contributed by atoms with Gasteiger partial charge in [0.2, 0.25) is 10.0 Å². The highest BCUT2D eigenvalue weighted by Gasteiger charge is 2.30. The molecule has 2 aromatic rings. The molecule has 29 heavy (non-hydrogen) atoms. The van der Waals surface area contributed by atoms with Gasteiger partial charge in [-0.2, -0.15) is 4.31 Å². The van der Waals surface area contributed by atoms with E-state index in [-0.39, 0.29) is 11.9 Å². The third-order valence-corrected chi connectivity index (χ3v) is 7.33. The van der Waals surface area contributed by atoms with Crippen molar-refractivity contribution in [2.24, 2.45) is 0 Å². The number of piperidine rings is 1. The fourth-order valence-corrected chi connectivity index (χ4v) is 5.28. The smallest absolute Gasteiger partial charge is 0.251 e. The molecule has 0 spiro atoms. The lowest BCUT2D eigenvalue weighted by Gasteiger charge is -2.32. The molecule has 1 aliphatic heterocycles. The summed E-state index contributed by atoms with van der Waals surface area (Å²) < 4.78 is 32.5. The average molecular weight is 417 g/mol. The maximum absolute atomic E-state index is 12.9. The second-order valence-electron chi connectivity index (χ2n) is 7.34. The lowest BCUT2D eigenvalue weighted by molar-refractivity contribution is 0.0953. The van der Waals surface area contributed by atoms with Gasteiger partial charge in [-0.1, -0.05) is 24.6 Å². The molecule has 1 unspecified atom stereocenters. The molecule has 2 aromatic carbocycles. The molecule has 1 heterocycles. The van der Waals surface area contributed by atoms with E-state index in [2.05, 4.69) is 5.32 Å². The van der Waals surface area contributed by atoms with Crippen LogP contribution in [0.15, 0.2) is 53.4 Å². The minimum Gasteiger partial charge on any atom is -0.497 e. The number of rotatable bonds is 7. The standard InChI is InChI=1S/C22H28N2O4S/c1-17-6-3-4-15-24(17)29(26,27)21-11-9-18(10-12-21)13-14-23-22(25)19-7-5-8-20(16-19)28-2/h5,7-12,16-17H,3-4,6,13-15H2,1-2H3,(H,23,25). The molecule has 1 aliphatic rings. The highest BCUT2D eigenvalue weighted by atomic mass is 32.2. The van der Waals surface area contributed by atoms with Crippen molar-refractivity contribution >= 4 is 15.9 Å². The predicted molar refractivity (Wildman–Crippen MR) is 113 cm³/mol. The van der Waals surface area contributed by atoms with Crippen LogP contribution in [-0.2, 0) is 16.4 Å². The molecule has 0 bridgehead atoms. The van der Waals surface area contributed by atoms with Gasteiger partial charge in [-0.3, -0.25) is 4.79 Å². The second kappa shape index (κ2) is 9.41. The third kappa shape index (κ3) is 5.16. The quantitative estimate of drug-likeness (QED) is 0.752. The SMILES string of the molecule is COc1cccc(C(=O)NCCc2ccc(S(=O)(=O)N3CCCCC3C)cc2)c1. The first-order chi connectivity index (χ1) is 13.9. The van der Waals surface area contributed by atoms with Gasteiger partial charge < -0.3 is 10.1 Å². The third-order valence-electron chi connectivity index (χ3n) is 5.30. The predicted octanol–water partition coefficient (Wildman–Crippen LogP) is 3.23. The normalized spacial score (nSPS) is 17.7. The summed E-state index contributed by atoms with van der Waals surface area (Å²) in [4.78, 5) is 12.6. The zero-order valence-corrected chi connectivity index (χ0v) is 17.7. The molecule has 7 heteroatoms. The molecule has 156 valence electrons. The summed E-state index contributed by atoms with van der Waals surface area (Å²) >= 11 is 0. The number of hydrogen-bond donors (Lipinski definition) is 1. The number of benzene rings is 2. The Hall–Kier alpha value is -2.38. The zero-order valence-electron chi connectivity index (χ0n) is 16.9. The van der Waals surface area contributed by atoms with E-state index in [1.807, 2.05) is 19.1 Å². The molecule has 1 atom stereocenters. The van der Waals surface area contributed by atoms with Gasteiger partial charge in [0.05, 0.1) is 12.0 Å². The molecule has 3 rings (SSSR count). The van der Waals surface area contributed by atoms with Crippen LogP contribution in [0.4, 0.5) is 0 Å². The van der Waals surface area contributed by atoms with Gasteiger partial charge >= 0.3 is 0 Å². The number of amides is 1. The fourth-order valence-electron chi connectivity index (χ4n) is 3.58. The maximum atomic E-state index is 12.9. The van der Waals surface area contributed by atoms with Crippen molar-refractivity contribution in [2.75, 3.05) is 20.2 Å². The van der Waals surface area contributed by atoms with Gasteiger partial charge in [0.1, 0.15) is 5.75 Å². The van der Waals surface area contributed by atoms with Gasteiger partial charge in [-0.25, -0.2) is 8.42 Å². The largest absolute Gasteiger partial charge is 0.497 e. The second-order valence-corrected chi connectivity index (χ2v) is 9.23. The molecular formula is C22H28N2O4S. The summed E-state index contributed by atoms with van der Waals surface area (Å²) in [5.74, 6) is 0.472. The molecule has 0 saturated carbocycles. The Kier molecular flexibility index (Phi) is 6.92.